The molecule has 6 heteroatoms. The van der Waals surface area contributed by atoms with Gasteiger partial charge in [0.25, 0.3) is 0 Å². The molecule has 0 aliphatic carbocycles. The molecule has 2 rings (SSSR count). The van der Waals surface area contributed by atoms with Gasteiger partial charge in [-0.05, 0) is 31.5 Å². The van der Waals surface area contributed by atoms with Crippen LogP contribution in [0.15, 0.2) is 53.4 Å². The third-order valence-corrected chi connectivity index (χ3v) is 4.95. The van der Waals surface area contributed by atoms with Gasteiger partial charge >= 0.3 is 5.97 Å². The highest BCUT2D eigenvalue weighted by molar-refractivity contribution is 7.89. The maximum absolute atomic E-state index is 12.1. The van der Waals surface area contributed by atoms with E-state index in [0.717, 1.165) is 16.7 Å². The molecule has 0 saturated heterocycles. The summed E-state index contributed by atoms with van der Waals surface area (Å²) in [5.74, 6) is -0.442. The summed E-state index contributed by atoms with van der Waals surface area (Å²) in [6.07, 6.45) is -0.0169. The molecule has 0 aliphatic heterocycles. The van der Waals surface area contributed by atoms with E-state index < -0.39 is 16.0 Å². The molecular weight excluding hydrogens is 326 g/mol. The Morgan fingerprint density at radius 1 is 0.958 bits per heavy atom. The van der Waals surface area contributed by atoms with E-state index in [0.29, 0.717) is 0 Å². The van der Waals surface area contributed by atoms with E-state index in [1.165, 1.54) is 12.1 Å². The Balaban J connectivity index is 1.77. The van der Waals surface area contributed by atoms with Gasteiger partial charge in [0.05, 0.1) is 11.3 Å². The first kappa shape index (κ1) is 18.2. The number of ether oxygens (including phenoxy) is 1. The van der Waals surface area contributed by atoms with Crippen LogP contribution in [0.1, 0.15) is 23.1 Å². The molecule has 0 amide bonds. The summed E-state index contributed by atoms with van der Waals surface area (Å²) in [6, 6.07) is 14.2. The van der Waals surface area contributed by atoms with Crippen LogP contribution >= 0.6 is 0 Å². The molecule has 1 N–H and O–H groups in total. The summed E-state index contributed by atoms with van der Waals surface area (Å²) in [5, 5.41) is 0. The van der Waals surface area contributed by atoms with Crippen LogP contribution in [0.25, 0.3) is 0 Å². The van der Waals surface area contributed by atoms with Crippen molar-refractivity contribution in [3.8, 4) is 0 Å². The van der Waals surface area contributed by atoms with Crippen molar-refractivity contribution >= 4 is 16.0 Å². The van der Waals surface area contributed by atoms with E-state index >= 15 is 0 Å². The first-order valence-electron chi connectivity index (χ1n) is 7.64. The summed E-state index contributed by atoms with van der Waals surface area (Å²) in [5.41, 5.74) is 3.01. The SMILES string of the molecule is Cc1ccc(COC(=O)CCNS(=O)(=O)c2ccc(C)cc2)cc1. The van der Waals surface area contributed by atoms with Gasteiger partial charge in [-0.1, -0.05) is 47.5 Å². The van der Waals surface area contributed by atoms with Crippen molar-refractivity contribution < 1.29 is 17.9 Å². The quantitative estimate of drug-likeness (QED) is 0.782. The minimum atomic E-state index is -3.60. The Labute approximate surface area is 142 Å². The number of carbonyl (C=O) groups is 1. The predicted octanol–water partition coefficient (Wildman–Crippen LogP) is 2.72. The van der Waals surface area contributed by atoms with E-state index in [-0.39, 0.29) is 24.5 Å². The second kappa shape index (κ2) is 8.08. The van der Waals surface area contributed by atoms with Crippen molar-refractivity contribution in [1.29, 1.82) is 0 Å². The van der Waals surface area contributed by atoms with Gasteiger partial charge in [-0.2, -0.15) is 0 Å². The van der Waals surface area contributed by atoms with Gasteiger partial charge in [-0.15, -0.1) is 0 Å². The fourth-order valence-electron chi connectivity index (χ4n) is 2.01. The number of carbonyl (C=O) groups excluding carboxylic acids is 1. The predicted molar refractivity (Wildman–Crippen MR) is 92.0 cm³/mol. The summed E-state index contributed by atoms with van der Waals surface area (Å²) >= 11 is 0. The maximum Gasteiger partial charge on any atom is 0.307 e. The van der Waals surface area contributed by atoms with Gasteiger partial charge in [0.1, 0.15) is 6.61 Å². The number of hydrogen-bond donors (Lipinski definition) is 1. The lowest BCUT2D eigenvalue weighted by molar-refractivity contribution is -0.144. The van der Waals surface area contributed by atoms with Gasteiger partial charge < -0.3 is 4.74 Å². The molecule has 2 aromatic carbocycles. The molecular formula is C18H21NO4S. The molecule has 0 saturated carbocycles. The van der Waals surface area contributed by atoms with Crippen LogP contribution in [0.3, 0.4) is 0 Å². The second-order valence-electron chi connectivity index (χ2n) is 5.61. The summed E-state index contributed by atoms with van der Waals surface area (Å²) in [6.45, 7) is 4.05. The molecule has 5 nitrogen and oxygen atoms in total. The second-order valence-corrected chi connectivity index (χ2v) is 7.37. The standard InChI is InChI=1S/C18H21NO4S/c1-14-3-7-16(8-4-14)13-23-18(20)11-12-19-24(21,22)17-9-5-15(2)6-10-17/h3-10,19H,11-13H2,1-2H3. The number of benzene rings is 2. The molecule has 0 unspecified atom stereocenters. The minimum absolute atomic E-state index is 0.00292. The number of rotatable bonds is 7. The minimum Gasteiger partial charge on any atom is -0.461 e. The number of nitrogens with one attached hydrogen (secondary N) is 1. The fraction of sp³-hybridized carbons (Fsp3) is 0.278. The average Bonchev–Trinajstić information content (AvgIpc) is 2.54. The van der Waals surface area contributed by atoms with Crippen molar-refractivity contribution in [2.24, 2.45) is 0 Å². The largest absolute Gasteiger partial charge is 0.461 e. The van der Waals surface area contributed by atoms with Gasteiger partial charge in [-0.25, -0.2) is 13.1 Å². The van der Waals surface area contributed by atoms with Crippen LogP contribution in [0, 0.1) is 13.8 Å². The highest BCUT2D eigenvalue weighted by Gasteiger charge is 2.14. The van der Waals surface area contributed by atoms with Crippen molar-refractivity contribution in [3.05, 3.63) is 65.2 Å². The third kappa shape index (κ3) is 5.47. The highest BCUT2D eigenvalue weighted by atomic mass is 32.2. The van der Waals surface area contributed by atoms with Gasteiger partial charge in [0, 0.05) is 6.54 Å². The van der Waals surface area contributed by atoms with Gasteiger partial charge in [0.2, 0.25) is 10.0 Å². The van der Waals surface area contributed by atoms with Crippen LogP contribution in [0.4, 0.5) is 0 Å². The van der Waals surface area contributed by atoms with E-state index in [2.05, 4.69) is 4.72 Å². The Hall–Kier alpha value is -2.18. The zero-order chi connectivity index (χ0) is 17.6. The van der Waals surface area contributed by atoms with Crippen LogP contribution in [-0.4, -0.2) is 20.9 Å². The first-order chi connectivity index (χ1) is 11.4. The molecule has 0 aromatic heterocycles. The molecule has 0 heterocycles. The molecule has 0 aliphatic rings. The molecule has 128 valence electrons. The molecule has 0 radical (unpaired) electrons. The van der Waals surface area contributed by atoms with Gasteiger partial charge in [0.15, 0.2) is 0 Å². The van der Waals surface area contributed by atoms with Crippen molar-refractivity contribution in [2.75, 3.05) is 6.54 Å². The number of esters is 1. The van der Waals surface area contributed by atoms with Crippen LogP contribution in [0.5, 0.6) is 0 Å². The lowest BCUT2D eigenvalue weighted by Crippen LogP contribution is -2.26. The van der Waals surface area contributed by atoms with Gasteiger partial charge in [-0.3, -0.25) is 4.79 Å². The van der Waals surface area contributed by atoms with E-state index in [9.17, 15) is 13.2 Å². The summed E-state index contributed by atoms with van der Waals surface area (Å²) < 4.78 is 31.7. The summed E-state index contributed by atoms with van der Waals surface area (Å²) in [7, 11) is -3.60. The zero-order valence-electron chi connectivity index (χ0n) is 13.8. The smallest absolute Gasteiger partial charge is 0.307 e. The monoisotopic (exact) mass is 347 g/mol. The lowest BCUT2D eigenvalue weighted by atomic mass is 10.2. The van der Waals surface area contributed by atoms with E-state index in [4.69, 9.17) is 4.74 Å². The fourth-order valence-corrected chi connectivity index (χ4v) is 3.04. The van der Waals surface area contributed by atoms with Crippen LogP contribution in [-0.2, 0) is 26.2 Å². The Kier molecular flexibility index (Phi) is 6.11. The zero-order valence-corrected chi connectivity index (χ0v) is 14.6. The topological polar surface area (TPSA) is 72.5 Å². The third-order valence-electron chi connectivity index (χ3n) is 3.47. The van der Waals surface area contributed by atoms with Crippen molar-refractivity contribution in [3.63, 3.8) is 0 Å². The Morgan fingerprint density at radius 2 is 1.50 bits per heavy atom. The molecule has 0 bridgehead atoms. The van der Waals surface area contributed by atoms with Crippen molar-refractivity contribution in [2.45, 2.75) is 31.8 Å². The first-order valence-corrected chi connectivity index (χ1v) is 9.13. The van der Waals surface area contributed by atoms with Crippen LogP contribution in [0.2, 0.25) is 0 Å². The number of hydrogen-bond acceptors (Lipinski definition) is 4. The number of sulfonamides is 1. The molecule has 2 aromatic rings. The number of aryl methyl sites for hydroxylation is 2. The molecule has 0 spiro atoms. The normalized spacial score (nSPS) is 11.2. The summed E-state index contributed by atoms with van der Waals surface area (Å²) in [4.78, 5) is 11.9. The van der Waals surface area contributed by atoms with E-state index in [1.807, 2.05) is 38.1 Å². The average molecular weight is 347 g/mol. The maximum atomic E-state index is 12.1. The lowest BCUT2D eigenvalue weighted by Gasteiger charge is -2.08. The molecule has 0 atom stereocenters. The Morgan fingerprint density at radius 3 is 2.08 bits per heavy atom. The highest BCUT2D eigenvalue weighted by Crippen LogP contribution is 2.10. The van der Waals surface area contributed by atoms with E-state index in [1.54, 1.807) is 12.1 Å². The molecule has 0 fully saturated rings. The molecule has 24 heavy (non-hydrogen) atoms. The van der Waals surface area contributed by atoms with Crippen LogP contribution < -0.4 is 4.72 Å². The van der Waals surface area contributed by atoms with Crippen molar-refractivity contribution in [1.82, 2.24) is 4.72 Å². The Bertz CT molecular complexity index is 781.